The van der Waals surface area contributed by atoms with Gasteiger partial charge in [-0.25, -0.2) is 0 Å². The smallest absolute Gasteiger partial charge is 0.276 e. The minimum absolute atomic E-state index is 0.0126. The van der Waals surface area contributed by atoms with E-state index in [-0.39, 0.29) is 17.6 Å². The number of carbonyl (C=O) groups is 2. The molecule has 0 spiro atoms. The predicted octanol–water partition coefficient (Wildman–Crippen LogP) is 2.78. The van der Waals surface area contributed by atoms with E-state index < -0.39 is 5.91 Å². The Morgan fingerprint density at radius 2 is 1.81 bits per heavy atom. The van der Waals surface area contributed by atoms with Gasteiger partial charge in [-0.15, -0.1) is 0 Å². The van der Waals surface area contributed by atoms with Crippen molar-refractivity contribution in [1.29, 1.82) is 0 Å². The van der Waals surface area contributed by atoms with Gasteiger partial charge >= 0.3 is 0 Å². The Balaban J connectivity index is 1.76. The summed E-state index contributed by atoms with van der Waals surface area (Å²) < 4.78 is 6.18. The van der Waals surface area contributed by atoms with Crippen molar-refractivity contribution in [3.8, 4) is 5.75 Å². The van der Waals surface area contributed by atoms with E-state index in [1.165, 1.54) is 0 Å². The van der Waals surface area contributed by atoms with Crippen LogP contribution in [0.25, 0.3) is 0 Å². The molecular weight excluding hydrogens is 418 g/mol. The molecule has 0 heterocycles. The molecule has 0 saturated carbocycles. The highest BCUT2D eigenvalue weighted by Gasteiger charge is 2.09. The van der Waals surface area contributed by atoms with Crippen LogP contribution in [0.15, 0.2) is 46.9 Å². The zero-order valence-electron chi connectivity index (χ0n) is 14.3. The molecule has 2 rings (SSSR count). The second kappa shape index (κ2) is 9.30. The molecule has 136 valence electrons. The van der Waals surface area contributed by atoms with Crippen LogP contribution in [-0.2, 0) is 4.79 Å². The average Bonchev–Trinajstić information content (AvgIpc) is 2.59. The lowest BCUT2D eigenvalue weighted by Crippen LogP contribution is -2.49. The van der Waals surface area contributed by atoms with Crippen LogP contribution < -0.4 is 20.9 Å². The second-order valence-electron chi connectivity index (χ2n) is 5.55. The summed E-state index contributed by atoms with van der Waals surface area (Å²) in [4.78, 5) is 23.9. The van der Waals surface area contributed by atoms with Gasteiger partial charge in [-0.3, -0.25) is 25.8 Å². The third kappa shape index (κ3) is 6.12. The maximum Gasteiger partial charge on any atom is 0.276 e. The zero-order valence-corrected chi connectivity index (χ0v) is 16.7. The van der Waals surface area contributed by atoms with Gasteiger partial charge in [0.05, 0.1) is 4.47 Å². The van der Waals surface area contributed by atoms with Crippen molar-refractivity contribution >= 4 is 45.1 Å². The van der Waals surface area contributed by atoms with Crippen molar-refractivity contribution in [2.75, 3.05) is 6.61 Å². The second-order valence-corrected chi connectivity index (χ2v) is 6.81. The summed E-state index contributed by atoms with van der Waals surface area (Å²) in [6, 6.07) is 12.6. The highest BCUT2D eigenvalue weighted by Crippen LogP contribution is 2.25. The summed E-state index contributed by atoms with van der Waals surface area (Å²) in [6.07, 6.45) is 0. The summed E-state index contributed by atoms with van der Waals surface area (Å²) in [5.74, 6) is -0.244. The number of rotatable bonds is 4. The number of thiocarbonyl (C=S) groups is 1. The molecule has 2 aromatic rings. The SMILES string of the molecule is Cc1cccc(C(=O)NC(=S)NNC(=O)COc2ccc(C)cc2Br)c1. The van der Waals surface area contributed by atoms with Gasteiger partial charge in [-0.05, 0) is 71.8 Å². The number of halogens is 1. The molecule has 6 nitrogen and oxygen atoms in total. The van der Waals surface area contributed by atoms with Crippen LogP contribution in [0.4, 0.5) is 0 Å². The monoisotopic (exact) mass is 435 g/mol. The predicted molar refractivity (Wildman–Crippen MR) is 107 cm³/mol. The van der Waals surface area contributed by atoms with Gasteiger partial charge in [0, 0.05) is 5.56 Å². The molecule has 2 aromatic carbocycles. The van der Waals surface area contributed by atoms with Crippen molar-refractivity contribution in [2.24, 2.45) is 0 Å². The Kier molecular flexibility index (Phi) is 7.11. The molecule has 0 aliphatic rings. The van der Waals surface area contributed by atoms with Gasteiger partial charge in [0.15, 0.2) is 11.7 Å². The third-order valence-electron chi connectivity index (χ3n) is 3.27. The van der Waals surface area contributed by atoms with Gasteiger partial charge in [0.2, 0.25) is 0 Å². The summed E-state index contributed by atoms with van der Waals surface area (Å²) in [5.41, 5.74) is 7.35. The first-order valence-corrected chi connectivity index (χ1v) is 8.91. The minimum atomic E-state index is -0.440. The molecule has 0 aliphatic carbocycles. The molecule has 0 bridgehead atoms. The lowest BCUT2D eigenvalue weighted by molar-refractivity contribution is -0.123. The molecule has 0 unspecified atom stereocenters. The first kappa shape index (κ1) is 19.9. The quantitative estimate of drug-likeness (QED) is 0.508. The van der Waals surface area contributed by atoms with E-state index in [1.807, 2.05) is 32.0 Å². The van der Waals surface area contributed by atoms with Crippen LogP contribution in [0.3, 0.4) is 0 Å². The summed E-state index contributed by atoms with van der Waals surface area (Å²) in [5, 5.41) is 2.47. The third-order valence-corrected chi connectivity index (χ3v) is 4.09. The molecule has 26 heavy (non-hydrogen) atoms. The van der Waals surface area contributed by atoms with Crippen molar-refractivity contribution < 1.29 is 14.3 Å². The fourth-order valence-corrected chi connectivity index (χ4v) is 2.77. The van der Waals surface area contributed by atoms with Crippen LogP contribution in [-0.4, -0.2) is 23.5 Å². The van der Waals surface area contributed by atoms with Crippen LogP contribution >= 0.6 is 28.1 Å². The molecular formula is C18H18BrN3O3S. The van der Waals surface area contributed by atoms with Crippen LogP contribution in [0.1, 0.15) is 21.5 Å². The Hall–Kier alpha value is -2.45. The number of amides is 2. The molecule has 0 saturated heterocycles. The number of ether oxygens (including phenoxy) is 1. The van der Waals surface area contributed by atoms with Gasteiger partial charge in [0.1, 0.15) is 5.75 Å². The van der Waals surface area contributed by atoms with E-state index in [0.29, 0.717) is 11.3 Å². The number of hydrogen-bond acceptors (Lipinski definition) is 4. The Morgan fingerprint density at radius 1 is 1.08 bits per heavy atom. The van der Waals surface area contributed by atoms with Crippen LogP contribution in [0.5, 0.6) is 5.75 Å². The molecule has 0 aromatic heterocycles. The van der Waals surface area contributed by atoms with Crippen LogP contribution in [0, 0.1) is 13.8 Å². The highest BCUT2D eigenvalue weighted by molar-refractivity contribution is 9.10. The molecule has 0 aliphatic heterocycles. The summed E-state index contributed by atoms with van der Waals surface area (Å²) >= 11 is 8.36. The van der Waals surface area contributed by atoms with Crippen LogP contribution in [0.2, 0.25) is 0 Å². The van der Waals surface area contributed by atoms with Crippen molar-refractivity contribution in [2.45, 2.75) is 13.8 Å². The average molecular weight is 436 g/mol. The minimum Gasteiger partial charge on any atom is -0.483 e. The topological polar surface area (TPSA) is 79.5 Å². The maximum absolute atomic E-state index is 12.0. The van der Waals surface area contributed by atoms with Crippen molar-refractivity contribution in [1.82, 2.24) is 16.2 Å². The first-order valence-electron chi connectivity index (χ1n) is 7.71. The normalized spacial score (nSPS) is 9.96. The number of hydrogen-bond donors (Lipinski definition) is 3. The van der Waals surface area contributed by atoms with E-state index >= 15 is 0 Å². The highest BCUT2D eigenvalue weighted by atomic mass is 79.9. The van der Waals surface area contributed by atoms with Crippen molar-refractivity contribution in [3.63, 3.8) is 0 Å². The Labute approximate surface area is 165 Å². The Bertz CT molecular complexity index is 842. The molecule has 3 N–H and O–H groups in total. The van der Waals surface area contributed by atoms with E-state index in [9.17, 15) is 9.59 Å². The van der Waals surface area contributed by atoms with Gasteiger partial charge < -0.3 is 4.74 Å². The fourth-order valence-electron chi connectivity index (χ4n) is 2.02. The first-order chi connectivity index (χ1) is 12.3. The molecule has 0 atom stereocenters. The van der Waals surface area contributed by atoms with Gasteiger partial charge in [-0.1, -0.05) is 23.8 Å². The zero-order chi connectivity index (χ0) is 19.1. The number of benzene rings is 2. The summed E-state index contributed by atoms with van der Waals surface area (Å²) in [7, 11) is 0. The van der Waals surface area contributed by atoms with E-state index in [0.717, 1.165) is 15.6 Å². The fraction of sp³-hybridized carbons (Fsp3) is 0.167. The maximum atomic E-state index is 12.0. The molecule has 0 radical (unpaired) electrons. The lowest BCUT2D eigenvalue weighted by Gasteiger charge is -2.12. The standard InChI is InChI=1S/C18H18BrN3O3S/c1-11-4-3-5-13(8-11)17(24)20-18(26)22-21-16(23)10-25-15-7-6-12(2)9-14(15)19/h3-9H,10H2,1-2H3,(H,21,23)(H2,20,22,24,26). The number of carbonyl (C=O) groups excluding carboxylic acids is 2. The summed E-state index contributed by atoms with van der Waals surface area (Å²) in [6.45, 7) is 3.64. The van der Waals surface area contributed by atoms with E-state index in [1.54, 1.807) is 24.3 Å². The number of hydrazine groups is 1. The van der Waals surface area contributed by atoms with Gasteiger partial charge in [0.25, 0.3) is 11.8 Å². The largest absolute Gasteiger partial charge is 0.483 e. The van der Waals surface area contributed by atoms with E-state index in [2.05, 4.69) is 32.1 Å². The van der Waals surface area contributed by atoms with Gasteiger partial charge in [-0.2, -0.15) is 0 Å². The Morgan fingerprint density at radius 3 is 2.50 bits per heavy atom. The van der Waals surface area contributed by atoms with Crippen molar-refractivity contribution in [3.05, 3.63) is 63.6 Å². The molecule has 8 heteroatoms. The molecule has 2 amide bonds. The number of nitrogens with one attached hydrogen (secondary N) is 3. The molecule has 0 fully saturated rings. The van der Waals surface area contributed by atoms with E-state index in [4.69, 9.17) is 17.0 Å². The number of aryl methyl sites for hydroxylation is 2. The lowest BCUT2D eigenvalue weighted by atomic mass is 10.1.